The normalized spacial score (nSPS) is 19.1. The van der Waals surface area contributed by atoms with E-state index in [1.807, 2.05) is 0 Å². The van der Waals surface area contributed by atoms with E-state index >= 15 is 0 Å². The molecule has 11 rings (SSSR count). The molecule has 57 heavy (non-hydrogen) atoms. The van der Waals surface area contributed by atoms with E-state index in [0.717, 1.165) is 42.9 Å². The largest absolute Gasteiger partial charge is 0.337 e. The Morgan fingerprint density at radius 2 is 1.18 bits per heavy atom. The van der Waals surface area contributed by atoms with E-state index in [1.54, 1.807) is 6.33 Å². The molecule has 7 aromatic carbocycles. The third-order valence-electron chi connectivity index (χ3n) is 13.8. The number of benzene rings is 7. The van der Waals surface area contributed by atoms with Crippen LogP contribution in [-0.2, 0) is 10.8 Å². The summed E-state index contributed by atoms with van der Waals surface area (Å²) in [5, 5.41) is 10.3. The van der Waals surface area contributed by atoms with Crippen LogP contribution in [0.15, 0.2) is 134 Å². The van der Waals surface area contributed by atoms with Crippen LogP contribution in [0.2, 0.25) is 0 Å². The summed E-state index contributed by atoms with van der Waals surface area (Å²) < 4.78 is 2.72. The molecule has 0 bridgehead atoms. The van der Waals surface area contributed by atoms with Gasteiger partial charge in [0.15, 0.2) is 5.82 Å². The van der Waals surface area contributed by atoms with Crippen molar-refractivity contribution in [2.75, 3.05) is 0 Å². The van der Waals surface area contributed by atoms with Gasteiger partial charge in [-0.1, -0.05) is 119 Å². The van der Waals surface area contributed by atoms with Gasteiger partial charge in [-0.15, -0.1) is 0 Å². The maximum Gasteiger partial charge on any atom is 0.163 e. The van der Waals surface area contributed by atoms with E-state index in [1.165, 1.54) is 89.2 Å². The van der Waals surface area contributed by atoms with Gasteiger partial charge in [-0.25, -0.2) is 15.0 Å². The zero-order chi connectivity index (χ0) is 38.5. The van der Waals surface area contributed by atoms with Crippen LogP contribution in [0, 0.1) is 0 Å². The van der Waals surface area contributed by atoms with Crippen molar-refractivity contribution in [1.29, 1.82) is 0 Å². The highest BCUT2D eigenvalue weighted by Gasteiger charge is 2.38. The second-order valence-electron chi connectivity index (χ2n) is 18.3. The molecule has 0 amide bonds. The molecule has 2 unspecified atom stereocenters. The molecular formula is C53H48N4. The fraction of sp³-hybridized carbons (Fsp3) is 0.264. The van der Waals surface area contributed by atoms with Crippen LogP contribution in [0.4, 0.5) is 0 Å². The van der Waals surface area contributed by atoms with Crippen LogP contribution in [0.3, 0.4) is 0 Å². The summed E-state index contributed by atoms with van der Waals surface area (Å²) in [5.41, 5.74) is 9.48. The van der Waals surface area contributed by atoms with Crippen LogP contribution < -0.4 is 0 Å². The smallest absolute Gasteiger partial charge is 0.163 e. The SMILES string of the molecule is CC1(C)CCC(C)(C)c2cc3c(cc21)c1cc2ccccc2cc1n3C1CCCC(c2ncnc(-c3cc(-c4ccc5ccccc5c4)c4ccccc4c3)n2)C1. The second-order valence-corrected chi connectivity index (χ2v) is 18.3. The average Bonchev–Trinajstić information content (AvgIpc) is 3.55. The van der Waals surface area contributed by atoms with Crippen molar-refractivity contribution in [1.82, 2.24) is 19.5 Å². The second kappa shape index (κ2) is 12.8. The first kappa shape index (κ1) is 34.4. The van der Waals surface area contributed by atoms with Gasteiger partial charge in [-0.2, -0.15) is 0 Å². The average molecular weight is 741 g/mol. The molecule has 0 N–H and O–H groups in total. The standard InChI is InChI=1S/C53H48N4/c1-52(2)22-23-53(3,4)47-31-49-45(30-46(47)52)44-27-35-14-7-8-15-36(35)29-48(44)57(49)41-18-11-17-39(26-41)50-54-32-55-51(56-50)40-25-37-16-9-10-19-42(37)43(28-40)38-21-20-33-12-5-6-13-34(33)24-38/h5-10,12-16,19-21,24-25,27-32,39,41H,11,17-18,22-23,26H2,1-4H3. The fourth-order valence-electron chi connectivity index (χ4n) is 10.5. The molecule has 2 aliphatic carbocycles. The maximum atomic E-state index is 5.30. The van der Waals surface area contributed by atoms with Crippen molar-refractivity contribution in [2.24, 2.45) is 0 Å². The minimum Gasteiger partial charge on any atom is -0.337 e. The van der Waals surface area contributed by atoms with Gasteiger partial charge in [0.1, 0.15) is 12.2 Å². The molecule has 0 spiro atoms. The fourth-order valence-corrected chi connectivity index (χ4v) is 10.5. The zero-order valence-corrected chi connectivity index (χ0v) is 33.4. The molecule has 2 aromatic heterocycles. The lowest BCUT2D eigenvalue weighted by Gasteiger charge is -2.42. The predicted octanol–water partition coefficient (Wildman–Crippen LogP) is 14.0. The van der Waals surface area contributed by atoms with Crippen molar-refractivity contribution in [3.8, 4) is 22.5 Å². The Hall–Kier alpha value is -5.87. The van der Waals surface area contributed by atoms with Crippen LogP contribution in [0.25, 0.3) is 76.6 Å². The highest BCUT2D eigenvalue weighted by atomic mass is 15.0. The molecule has 9 aromatic rings. The van der Waals surface area contributed by atoms with Gasteiger partial charge < -0.3 is 4.57 Å². The third kappa shape index (κ3) is 5.67. The summed E-state index contributed by atoms with van der Waals surface area (Å²) >= 11 is 0. The summed E-state index contributed by atoms with van der Waals surface area (Å²) in [7, 11) is 0. The lowest BCUT2D eigenvalue weighted by atomic mass is 9.63. The Bertz CT molecular complexity index is 3060. The lowest BCUT2D eigenvalue weighted by molar-refractivity contribution is 0.321. The van der Waals surface area contributed by atoms with E-state index in [9.17, 15) is 0 Å². The lowest BCUT2D eigenvalue weighted by Crippen LogP contribution is -2.33. The zero-order valence-electron chi connectivity index (χ0n) is 33.4. The van der Waals surface area contributed by atoms with Crippen LogP contribution in [-0.4, -0.2) is 19.5 Å². The van der Waals surface area contributed by atoms with Crippen molar-refractivity contribution in [3.63, 3.8) is 0 Å². The first-order chi connectivity index (χ1) is 27.7. The van der Waals surface area contributed by atoms with Gasteiger partial charge in [-0.05, 0) is 140 Å². The van der Waals surface area contributed by atoms with Crippen molar-refractivity contribution < 1.29 is 0 Å². The highest BCUT2D eigenvalue weighted by Crippen LogP contribution is 2.50. The molecule has 2 atom stereocenters. The van der Waals surface area contributed by atoms with E-state index in [0.29, 0.717) is 6.04 Å². The van der Waals surface area contributed by atoms with Gasteiger partial charge in [0.25, 0.3) is 0 Å². The topological polar surface area (TPSA) is 43.6 Å². The molecule has 4 heteroatoms. The summed E-state index contributed by atoms with van der Waals surface area (Å²) in [4.78, 5) is 15.0. The quantitative estimate of drug-likeness (QED) is 0.180. The number of hydrogen-bond donors (Lipinski definition) is 0. The van der Waals surface area contributed by atoms with Gasteiger partial charge in [0, 0.05) is 39.3 Å². The van der Waals surface area contributed by atoms with E-state index in [-0.39, 0.29) is 16.7 Å². The van der Waals surface area contributed by atoms with Crippen molar-refractivity contribution in [3.05, 3.63) is 151 Å². The van der Waals surface area contributed by atoms with Crippen LogP contribution >= 0.6 is 0 Å². The molecule has 0 aliphatic heterocycles. The Morgan fingerprint density at radius 3 is 1.96 bits per heavy atom. The van der Waals surface area contributed by atoms with E-state index in [2.05, 4.69) is 160 Å². The molecule has 4 nitrogen and oxygen atoms in total. The van der Waals surface area contributed by atoms with Gasteiger partial charge in [0.05, 0.1) is 0 Å². The summed E-state index contributed by atoms with van der Waals surface area (Å²) in [6.45, 7) is 9.78. The Kier molecular flexibility index (Phi) is 7.74. The molecule has 0 radical (unpaired) electrons. The number of fused-ring (bicyclic) bond motifs is 7. The Labute approximate surface area is 334 Å². The van der Waals surface area contributed by atoms with Gasteiger partial charge >= 0.3 is 0 Å². The molecule has 2 aliphatic rings. The molecule has 280 valence electrons. The van der Waals surface area contributed by atoms with E-state index < -0.39 is 0 Å². The summed E-state index contributed by atoms with van der Waals surface area (Å²) in [6.07, 6.45) is 8.52. The predicted molar refractivity (Wildman–Crippen MR) is 238 cm³/mol. The summed E-state index contributed by atoms with van der Waals surface area (Å²) in [6, 6.07) is 47.8. The molecule has 0 saturated heterocycles. The summed E-state index contributed by atoms with van der Waals surface area (Å²) in [5.74, 6) is 1.90. The maximum absolute atomic E-state index is 5.30. The molecule has 1 saturated carbocycles. The van der Waals surface area contributed by atoms with E-state index in [4.69, 9.17) is 15.0 Å². The third-order valence-corrected chi connectivity index (χ3v) is 13.8. The number of hydrogen-bond acceptors (Lipinski definition) is 3. The number of rotatable bonds is 4. The molecular weight excluding hydrogens is 693 g/mol. The van der Waals surface area contributed by atoms with Crippen molar-refractivity contribution in [2.45, 2.75) is 89.0 Å². The Morgan fingerprint density at radius 1 is 0.544 bits per heavy atom. The van der Waals surface area contributed by atoms with Crippen LogP contribution in [0.1, 0.15) is 95.1 Å². The number of aromatic nitrogens is 4. The first-order valence-electron chi connectivity index (χ1n) is 20.9. The first-order valence-corrected chi connectivity index (χ1v) is 20.9. The molecule has 1 fully saturated rings. The highest BCUT2D eigenvalue weighted by molar-refractivity contribution is 6.13. The van der Waals surface area contributed by atoms with Gasteiger partial charge in [0.2, 0.25) is 0 Å². The minimum atomic E-state index is 0.137. The minimum absolute atomic E-state index is 0.137. The van der Waals surface area contributed by atoms with Crippen molar-refractivity contribution >= 4 is 54.1 Å². The number of nitrogens with zero attached hydrogens (tertiary/aromatic N) is 4. The van der Waals surface area contributed by atoms with Gasteiger partial charge in [-0.3, -0.25) is 0 Å². The molecule has 2 heterocycles. The van der Waals surface area contributed by atoms with Crippen LogP contribution in [0.5, 0.6) is 0 Å². The monoisotopic (exact) mass is 740 g/mol. The Balaban J connectivity index is 1.01.